The average molecular weight is 239 g/mol. The van der Waals surface area contributed by atoms with Crippen LogP contribution >= 0.6 is 0 Å². The van der Waals surface area contributed by atoms with Crippen molar-refractivity contribution in [3.05, 3.63) is 0 Å². The molecular formula is C15H29NO. The Bertz CT molecular complexity index is 251. The standard InChI is InChI=1S/C15H29NO/c1-12-7-14(9-15(2,3)8-12)16-6-4-5-13(10-16)11-17/h12-14,17H,4-11H2,1-3H3. The minimum absolute atomic E-state index is 0.377. The van der Waals surface area contributed by atoms with E-state index in [0.717, 1.165) is 18.5 Å². The average Bonchev–Trinajstić information content (AvgIpc) is 2.26. The largest absolute Gasteiger partial charge is 0.396 e. The first-order valence-corrected chi connectivity index (χ1v) is 7.35. The van der Waals surface area contributed by atoms with Crippen molar-refractivity contribution in [1.29, 1.82) is 0 Å². The van der Waals surface area contributed by atoms with Crippen LogP contribution in [-0.2, 0) is 0 Å². The quantitative estimate of drug-likeness (QED) is 0.801. The predicted molar refractivity (Wildman–Crippen MR) is 72.0 cm³/mol. The van der Waals surface area contributed by atoms with Crippen LogP contribution in [0.5, 0.6) is 0 Å². The summed E-state index contributed by atoms with van der Waals surface area (Å²) in [5.41, 5.74) is 0.508. The number of aliphatic hydroxyl groups is 1. The third kappa shape index (κ3) is 3.45. The molecule has 100 valence electrons. The van der Waals surface area contributed by atoms with Crippen LogP contribution in [0.15, 0.2) is 0 Å². The molecule has 0 spiro atoms. The van der Waals surface area contributed by atoms with Crippen molar-refractivity contribution < 1.29 is 5.11 Å². The lowest BCUT2D eigenvalue weighted by Gasteiger charge is -2.46. The second-order valence-corrected chi connectivity index (χ2v) is 7.25. The fourth-order valence-corrected chi connectivity index (χ4v) is 4.15. The van der Waals surface area contributed by atoms with Gasteiger partial charge in [-0.3, -0.25) is 4.90 Å². The van der Waals surface area contributed by atoms with Gasteiger partial charge in [0.2, 0.25) is 0 Å². The maximum absolute atomic E-state index is 9.34. The summed E-state index contributed by atoms with van der Waals surface area (Å²) in [6.45, 7) is 10.0. The highest BCUT2D eigenvalue weighted by Crippen LogP contribution is 2.41. The summed E-state index contributed by atoms with van der Waals surface area (Å²) in [6, 6.07) is 0.767. The molecule has 0 aromatic heterocycles. The first-order chi connectivity index (χ1) is 8.00. The summed E-state index contributed by atoms with van der Waals surface area (Å²) in [7, 11) is 0. The number of likely N-dealkylation sites (tertiary alicyclic amines) is 1. The third-order valence-corrected chi connectivity index (χ3v) is 4.69. The Morgan fingerprint density at radius 3 is 2.71 bits per heavy atom. The molecule has 1 aliphatic heterocycles. The molecule has 17 heavy (non-hydrogen) atoms. The van der Waals surface area contributed by atoms with Crippen molar-refractivity contribution >= 4 is 0 Å². The Balaban J connectivity index is 1.96. The Kier molecular flexibility index (Phi) is 4.14. The molecule has 0 aromatic rings. The van der Waals surface area contributed by atoms with E-state index < -0.39 is 0 Å². The maximum Gasteiger partial charge on any atom is 0.0471 e. The maximum atomic E-state index is 9.34. The minimum Gasteiger partial charge on any atom is -0.396 e. The lowest BCUT2D eigenvalue weighted by Crippen LogP contribution is -2.48. The minimum atomic E-state index is 0.377. The van der Waals surface area contributed by atoms with E-state index in [9.17, 15) is 5.11 Å². The molecular weight excluding hydrogens is 210 g/mol. The van der Waals surface area contributed by atoms with Gasteiger partial charge in [0.25, 0.3) is 0 Å². The van der Waals surface area contributed by atoms with Gasteiger partial charge < -0.3 is 5.11 Å². The molecule has 1 saturated carbocycles. The highest BCUT2D eigenvalue weighted by molar-refractivity contribution is 4.89. The molecule has 0 aromatic carbocycles. The molecule has 1 aliphatic carbocycles. The Labute approximate surface area is 106 Å². The second-order valence-electron chi connectivity index (χ2n) is 7.25. The van der Waals surface area contributed by atoms with Gasteiger partial charge in [0.05, 0.1) is 0 Å². The smallest absolute Gasteiger partial charge is 0.0471 e. The SMILES string of the molecule is CC1CC(N2CCCC(CO)C2)CC(C)(C)C1. The molecule has 2 heteroatoms. The van der Waals surface area contributed by atoms with Gasteiger partial charge in [0, 0.05) is 19.2 Å². The Morgan fingerprint density at radius 1 is 1.29 bits per heavy atom. The molecule has 0 bridgehead atoms. The van der Waals surface area contributed by atoms with E-state index in [1.807, 2.05) is 0 Å². The van der Waals surface area contributed by atoms with Gasteiger partial charge in [-0.1, -0.05) is 20.8 Å². The number of nitrogens with zero attached hydrogens (tertiary/aromatic N) is 1. The van der Waals surface area contributed by atoms with Crippen LogP contribution in [0, 0.1) is 17.3 Å². The fraction of sp³-hybridized carbons (Fsp3) is 1.00. The van der Waals surface area contributed by atoms with Crippen molar-refractivity contribution in [2.45, 2.75) is 58.9 Å². The molecule has 2 nitrogen and oxygen atoms in total. The van der Waals surface area contributed by atoms with Crippen LogP contribution in [0.25, 0.3) is 0 Å². The first kappa shape index (κ1) is 13.4. The van der Waals surface area contributed by atoms with Crippen LogP contribution in [-0.4, -0.2) is 35.7 Å². The van der Waals surface area contributed by atoms with Crippen LogP contribution in [0.4, 0.5) is 0 Å². The molecule has 0 radical (unpaired) electrons. The fourth-order valence-electron chi connectivity index (χ4n) is 4.15. The molecule has 1 N–H and O–H groups in total. The first-order valence-electron chi connectivity index (χ1n) is 7.35. The van der Waals surface area contributed by atoms with Crippen LogP contribution in [0.3, 0.4) is 0 Å². The van der Waals surface area contributed by atoms with E-state index in [4.69, 9.17) is 0 Å². The van der Waals surface area contributed by atoms with E-state index in [1.54, 1.807) is 0 Å². The number of aliphatic hydroxyl groups excluding tert-OH is 1. The summed E-state index contributed by atoms with van der Waals surface area (Å²) in [4.78, 5) is 2.67. The van der Waals surface area contributed by atoms with Gasteiger partial charge in [0.1, 0.15) is 0 Å². The highest BCUT2D eigenvalue weighted by atomic mass is 16.3. The summed E-state index contributed by atoms with van der Waals surface area (Å²) >= 11 is 0. The van der Waals surface area contributed by atoms with Crippen LogP contribution in [0.2, 0.25) is 0 Å². The monoisotopic (exact) mass is 239 g/mol. The summed E-state index contributed by atoms with van der Waals surface area (Å²) in [5.74, 6) is 1.39. The summed E-state index contributed by atoms with van der Waals surface area (Å²) < 4.78 is 0. The molecule has 1 heterocycles. The van der Waals surface area contributed by atoms with E-state index in [0.29, 0.717) is 17.9 Å². The molecule has 3 atom stereocenters. The van der Waals surface area contributed by atoms with E-state index in [1.165, 1.54) is 38.6 Å². The second kappa shape index (κ2) is 5.27. The van der Waals surface area contributed by atoms with Gasteiger partial charge >= 0.3 is 0 Å². The van der Waals surface area contributed by atoms with Gasteiger partial charge in [-0.2, -0.15) is 0 Å². The third-order valence-electron chi connectivity index (χ3n) is 4.69. The van der Waals surface area contributed by atoms with Crippen molar-refractivity contribution in [3.63, 3.8) is 0 Å². The summed E-state index contributed by atoms with van der Waals surface area (Å²) in [6.07, 6.45) is 6.58. The number of hydrogen-bond acceptors (Lipinski definition) is 2. The normalized spacial score (nSPS) is 39.2. The lowest BCUT2D eigenvalue weighted by molar-refractivity contribution is 0.0281. The van der Waals surface area contributed by atoms with Crippen molar-refractivity contribution in [1.82, 2.24) is 4.90 Å². The molecule has 2 aliphatic rings. The lowest BCUT2D eigenvalue weighted by atomic mass is 9.70. The van der Waals surface area contributed by atoms with Crippen molar-refractivity contribution in [2.24, 2.45) is 17.3 Å². The molecule has 2 fully saturated rings. The van der Waals surface area contributed by atoms with E-state index >= 15 is 0 Å². The number of rotatable bonds is 2. The molecule has 0 amide bonds. The van der Waals surface area contributed by atoms with Gasteiger partial charge in [0.15, 0.2) is 0 Å². The Morgan fingerprint density at radius 2 is 2.06 bits per heavy atom. The predicted octanol–water partition coefficient (Wildman–Crippen LogP) is 2.91. The topological polar surface area (TPSA) is 23.5 Å². The zero-order valence-electron chi connectivity index (χ0n) is 11.8. The van der Waals surface area contributed by atoms with Gasteiger partial charge in [-0.05, 0) is 55.9 Å². The van der Waals surface area contributed by atoms with Gasteiger partial charge in [-0.15, -0.1) is 0 Å². The zero-order valence-corrected chi connectivity index (χ0v) is 11.8. The van der Waals surface area contributed by atoms with Crippen molar-refractivity contribution in [3.8, 4) is 0 Å². The number of hydrogen-bond donors (Lipinski definition) is 1. The highest BCUT2D eigenvalue weighted by Gasteiger charge is 2.36. The molecule has 1 saturated heterocycles. The van der Waals surface area contributed by atoms with Crippen LogP contribution < -0.4 is 0 Å². The summed E-state index contributed by atoms with van der Waals surface area (Å²) in [5, 5.41) is 9.34. The van der Waals surface area contributed by atoms with Crippen molar-refractivity contribution in [2.75, 3.05) is 19.7 Å². The van der Waals surface area contributed by atoms with E-state index in [2.05, 4.69) is 25.7 Å². The Hall–Kier alpha value is -0.0800. The van der Waals surface area contributed by atoms with E-state index in [-0.39, 0.29) is 0 Å². The van der Waals surface area contributed by atoms with Gasteiger partial charge in [-0.25, -0.2) is 0 Å². The molecule has 3 unspecified atom stereocenters. The van der Waals surface area contributed by atoms with Crippen LogP contribution in [0.1, 0.15) is 52.9 Å². The number of piperidine rings is 1. The molecule has 2 rings (SSSR count). The zero-order chi connectivity index (χ0) is 12.5.